The zero-order chi connectivity index (χ0) is 13.1. The van der Waals surface area contributed by atoms with Crippen molar-refractivity contribution in [2.24, 2.45) is 0 Å². The Kier molecular flexibility index (Phi) is 3.23. The molecule has 5 heteroatoms. The Bertz CT molecular complexity index is 623. The van der Waals surface area contributed by atoms with Crippen LogP contribution in [-0.4, -0.2) is 16.8 Å². The van der Waals surface area contributed by atoms with Crippen molar-refractivity contribution < 1.29 is 9.59 Å². The Morgan fingerprint density at radius 3 is 2.44 bits per heavy atom. The molecule has 1 aromatic heterocycles. The van der Waals surface area contributed by atoms with E-state index in [2.05, 4.69) is 15.6 Å². The van der Waals surface area contributed by atoms with Crippen molar-refractivity contribution in [3.63, 3.8) is 0 Å². The van der Waals surface area contributed by atoms with E-state index >= 15 is 0 Å². The molecular formula is C13H13N3O2. The molecule has 18 heavy (non-hydrogen) atoms. The third-order valence-electron chi connectivity index (χ3n) is 2.37. The van der Waals surface area contributed by atoms with E-state index in [4.69, 9.17) is 0 Å². The first-order chi connectivity index (χ1) is 8.56. The van der Waals surface area contributed by atoms with Gasteiger partial charge in [0.25, 0.3) is 0 Å². The van der Waals surface area contributed by atoms with E-state index in [-0.39, 0.29) is 11.8 Å². The Balaban J connectivity index is 2.51. The number of anilines is 2. The summed E-state index contributed by atoms with van der Waals surface area (Å²) in [5.74, 6) is -0.285. The average Bonchev–Trinajstić information content (AvgIpc) is 2.28. The standard InChI is InChI=1S/C13H13N3O2/c1-8(17)15-10-3-4-12-11(7-10)13(5-6-14-12)16-9(2)18/h3-7H,1-2H3,(H,15,17)(H,14,16,18). The highest BCUT2D eigenvalue weighted by Gasteiger charge is 2.05. The van der Waals surface area contributed by atoms with Gasteiger partial charge in [-0.2, -0.15) is 0 Å². The van der Waals surface area contributed by atoms with E-state index in [0.29, 0.717) is 11.4 Å². The second-order valence-electron chi connectivity index (χ2n) is 3.95. The molecule has 5 nitrogen and oxygen atoms in total. The van der Waals surface area contributed by atoms with E-state index in [1.165, 1.54) is 13.8 Å². The van der Waals surface area contributed by atoms with Gasteiger partial charge in [-0.3, -0.25) is 14.6 Å². The lowest BCUT2D eigenvalue weighted by Gasteiger charge is -2.08. The number of nitrogens with zero attached hydrogens (tertiary/aromatic N) is 1. The van der Waals surface area contributed by atoms with Gasteiger partial charge < -0.3 is 10.6 Å². The lowest BCUT2D eigenvalue weighted by Crippen LogP contribution is -2.07. The molecule has 2 rings (SSSR count). The number of benzene rings is 1. The molecule has 0 atom stereocenters. The first kappa shape index (κ1) is 12.0. The van der Waals surface area contributed by atoms with Crippen molar-refractivity contribution in [1.82, 2.24) is 4.98 Å². The molecule has 2 aromatic rings. The van der Waals surface area contributed by atoms with Gasteiger partial charge in [0.05, 0.1) is 11.2 Å². The molecule has 2 N–H and O–H groups in total. The van der Waals surface area contributed by atoms with Crippen LogP contribution in [0.3, 0.4) is 0 Å². The second-order valence-corrected chi connectivity index (χ2v) is 3.95. The number of amides is 2. The number of fused-ring (bicyclic) bond motifs is 1. The van der Waals surface area contributed by atoms with Gasteiger partial charge in [-0.15, -0.1) is 0 Å². The van der Waals surface area contributed by atoms with Crippen LogP contribution in [0.25, 0.3) is 10.9 Å². The van der Waals surface area contributed by atoms with Crippen molar-refractivity contribution >= 4 is 34.1 Å². The number of carbonyl (C=O) groups is 2. The van der Waals surface area contributed by atoms with Gasteiger partial charge in [-0.05, 0) is 24.3 Å². The maximum Gasteiger partial charge on any atom is 0.221 e. The maximum absolute atomic E-state index is 11.1. The van der Waals surface area contributed by atoms with Gasteiger partial charge in [0.2, 0.25) is 11.8 Å². The summed E-state index contributed by atoms with van der Waals surface area (Å²) in [7, 11) is 0. The lowest BCUT2D eigenvalue weighted by molar-refractivity contribution is -0.115. The molecule has 0 saturated heterocycles. The van der Waals surface area contributed by atoms with Crippen molar-refractivity contribution in [1.29, 1.82) is 0 Å². The summed E-state index contributed by atoms with van der Waals surface area (Å²) >= 11 is 0. The van der Waals surface area contributed by atoms with Gasteiger partial charge in [0.1, 0.15) is 0 Å². The normalized spacial score (nSPS) is 10.1. The van der Waals surface area contributed by atoms with Gasteiger partial charge >= 0.3 is 0 Å². The molecule has 0 bridgehead atoms. The van der Waals surface area contributed by atoms with Crippen LogP contribution in [0, 0.1) is 0 Å². The first-order valence-corrected chi connectivity index (χ1v) is 5.50. The molecule has 1 heterocycles. The summed E-state index contributed by atoms with van der Waals surface area (Å²) in [6.07, 6.45) is 1.63. The zero-order valence-electron chi connectivity index (χ0n) is 10.2. The van der Waals surface area contributed by atoms with Crippen LogP contribution in [0.1, 0.15) is 13.8 Å². The Morgan fingerprint density at radius 2 is 1.78 bits per heavy atom. The van der Waals surface area contributed by atoms with Crippen molar-refractivity contribution in [3.05, 3.63) is 30.5 Å². The van der Waals surface area contributed by atoms with E-state index in [1.54, 1.807) is 30.5 Å². The number of carbonyl (C=O) groups excluding carboxylic acids is 2. The largest absolute Gasteiger partial charge is 0.326 e. The van der Waals surface area contributed by atoms with E-state index in [0.717, 1.165) is 10.9 Å². The summed E-state index contributed by atoms with van der Waals surface area (Å²) < 4.78 is 0. The third-order valence-corrected chi connectivity index (χ3v) is 2.37. The molecule has 0 aliphatic carbocycles. The van der Waals surface area contributed by atoms with Crippen LogP contribution in [0.15, 0.2) is 30.5 Å². The topological polar surface area (TPSA) is 71.1 Å². The molecule has 2 amide bonds. The van der Waals surface area contributed by atoms with Gasteiger partial charge in [0.15, 0.2) is 0 Å². The predicted octanol–water partition coefficient (Wildman–Crippen LogP) is 2.15. The number of hydrogen-bond acceptors (Lipinski definition) is 3. The molecule has 0 radical (unpaired) electrons. The highest BCUT2D eigenvalue weighted by atomic mass is 16.2. The Morgan fingerprint density at radius 1 is 1.06 bits per heavy atom. The second kappa shape index (κ2) is 4.83. The third kappa shape index (κ3) is 2.63. The molecule has 0 spiro atoms. The van der Waals surface area contributed by atoms with Crippen molar-refractivity contribution in [2.75, 3.05) is 10.6 Å². The molecule has 0 fully saturated rings. The van der Waals surface area contributed by atoms with Crippen LogP contribution in [0.5, 0.6) is 0 Å². The van der Waals surface area contributed by atoms with Gasteiger partial charge in [-0.25, -0.2) is 0 Å². The van der Waals surface area contributed by atoms with Crippen LogP contribution in [-0.2, 0) is 9.59 Å². The predicted molar refractivity (Wildman–Crippen MR) is 70.4 cm³/mol. The minimum Gasteiger partial charge on any atom is -0.326 e. The summed E-state index contributed by atoms with van der Waals surface area (Å²) in [5.41, 5.74) is 2.12. The van der Waals surface area contributed by atoms with Crippen molar-refractivity contribution in [2.45, 2.75) is 13.8 Å². The molecule has 0 unspecified atom stereocenters. The van der Waals surface area contributed by atoms with Crippen LogP contribution in [0.4, 0.5) is 11.4 Å². The lowest BCUT2D eigenvalue weighted by atomic mass is 10.1. The van der Waals surface area contributed by atoms with Gasteiger partial charge in [0, 0.05) is 31.1 Å². The average molecular weight is 243 g/mol. The first-order valence-electron chi connectivity index (χ1n) is 5.50. The number of hydrogen-bond donors (Lipinski definition) is 2. The summed E-state index contributed by atoms with van der Waals surface area (Å²) in [4.78, 5) is 26.3. The summed E-state index contributed by atoms with van der Waals surface area (Å²) in [6, 6.07) is 7.08. The summed E-state index contributed by atoms with van der Waals surface area (Å²) in [5, 5.41) is 6.23. The fourth-order valence-corrected chi connectivity index (χ4v) is 1.73. The maximum atomic E-state index is 11.1. The van der Waals surface area contributed by atoms with E-state index in [1.807, 2.05) is 0 Å². The molecule has 1 aromatic carbocycles. The van der Waals surface area contributed by atoms with E-state index < -0.39 is 0 Å². The molecular weight excluding hydrogens is 230 g/mol. The minimum atomic E-state index is -0.146. The highest BCUT2D eigenvalue weighted by Crippen LogP contribution is 2.24. The van der Waals surface area contributed by atoms with Crippen molar-refractivity contribution in [3.8, 4) is 0 Å². The highest BCUT2D eigenvalue weighted by molar-refractivity contribution is 6.02. The SMILES string of the molecule is CC(=O)Nc1ccc2nccc(NC(C)=O)c2c1. The van der Waals surface area contributed by atoms with Crippen LogP contribution in [0.2, 0.25) is 0 Å². The number of aromatic nitrogens is 1. The molecule has 0 aliphatic rings. The minimum absolute atomic E-state index is 0.140. The van der Waals surface area contributed by atoms with Crippen LogP contribution < -0.4 is 10.6 Å². The smallest absolute Gasteiger partial charge is 0.221 e. The van der Waals surface area contributed by atoms with Crippen LogP contribution >= 0.6 is 0 Å². The fraction of sp³-hybridized carbons (Fsp3) is 0.154. The Hall–Kier alpha value is -2.43. The van der Waals surface area contributed by atoms with Gasteiger partial charge in [-0.1, -0.05) is 0 Å². The summed E-state index contributed by atoms with van der Waals surface area (Å²) in [6.45, 7) is 2.89. The number of nitrogens with one attached hydrogen (secondary N) is 2. The molecule has 92 valence electrons. The van der Waals surface area contributed by atoms with E-state index in [9.17, 15) is 9.59 Å². The quantitative estimate of drug-likeness (QED) is 0.849. The monoisotopic (exact) mass is 243 g/mol. The fourth-order valence-electron chi connectivity index (χ4n) is 1.73. The molecule has 0 aliphatic heterocycles. The number of pyridine rings is 1. The number of rotatable bonds is 2. The zero-order valence-corrected chi connectivity index (χ0v) is 10.2. The Labute approximate surface area is 104 Å². The molecule has 0 saturated carbocycles.